The zero-order valence-electron chi connectivity index (χ0n) is 8.19. The summed E-state index contributed by atoms with van der Waals surface area (Å²) in [5.74, 6) is 0.0608. The topological polar surface area (TPSA) is 80.9 Å². The van der Waals surface area contributed by atoms with E-state index in [0.29, 0.717) is 11.1 Å². The van der Waals surface area contributed by atoms with E-state index < -0.39 is 0 Å². The predicted molar refractivity (Wildman–Crippen MR) is 57.3 cm³/mol. The number of nitrogens with two attached hydrogens (primary N) is 1. The molecule has 3 N–H and O–H groups in total. The average molecular weight is 202 g/mol. The van der Waals surface area contributed by atoms with Gasteiger partial charge in [0.05, 0.1) is 5.52 Å². The van der Waals surface area contributed by atoms with Crippen LogP contribution in [0, 0.1) is 0 Å². The Morgan fingerprint density at radius 3 is 3.00 bits per heavy atom. The third-order valence-electron chi connectivity index (χ3n) is 2.09. The van der Waals surface area contributed by atoms with Crippen LogP contribution in [0.1, 0.15) is 10.4 Å². The summed E-state index contributed by atoms with van der Waals surface area (Å²) in [6.07, 6.45) is 1.63. The van der Waals surface area contributed by atoms with Gasteiger partial charge in [0.2, 0.25) is 5.95 Å². The van der Waals surface area contributed by atoms with Gasteiger partial charge in [0, 0.05) is 24.2 Å². The molecule has 15 heavy (non-hydrogen) atoms. The normalized spacial score (nSPS) is 10.2. The van der Waals surface area contributed by atoms with Gasteiger partial charge in [-0.05, 0) is 12.1 Å². The molecule has 1 aromatic heterocycles. The number of amides is 1. The van der Waals surface area contributed by atoms with Gasteiger partial charge in [0.25, 0.3) is 5.91 Å². The Balaban J connectivity index is 2.59. The molecule has 5 nitrogen and oxygen atoms in total. The highest BCUT2D eigenvalue weighted by molar-refractivity contribution is 5.97. The lowest BCUT2D eigenvalue weighted by atomic mass is 10.1. The SMILES string of the molecule is CNC(=O)c1ccc2cnc(N)nc2c1. The van der Waals surface area contributed by atoms with Crippen molar-refractivity contribution in [3.8, 4) is 0 Å². The van der Waals surface area contributed by atoms with Crippen LogP contribution in [0.15, 0.2) is 24.4 Å². The molecule has 0 fully saturated rings. The minimum absolute atomic E-state index is 0.144. The molecule has 2 rings (SSSR count). The van der Waals surface area contributed by atoms with Gasteiger partial charge in [-0.3, -0.25) is 4.79 Å². The predicted octanol–water partition coefficient (Wildman–Crippen LogP) is 0.572. The summed E-state index contributed by atoms with van der Waals surface area (Å²) >= 11 is 0. The van der Waals surface area contributed by atoms with Crippen molar-refractivity contribution >= 4 is 22.8 Å². The van der Waals surface area contributed by atoms with Crippen molar-refractivity contribution in [3.63, 3.8) is 0 Å². The first-order valence-electron chi connectivity index (χ1n) is 4.45. The van der Waals surface area contributed by atoms with Crippen molar-refractivity contribution in [1.29, 1.82) is 0 Å². The zero-order chi connectivity index (χ0) is 10.8. The maximum Gasteiger partial charge on any atom is 0.251 e. The minimum Gasteiger partial charge on any atom is -0.368 e. The largest absolute Gasteiger partial charge is 0.368 e. The van der Waals surface area contributed by atoms with Gasteiger partial charge in [-0.2, -0.15) is 0 Å². The van der Waals surface area contributed by atoms with Crippen LogP contribution in [0.2, 0.25) is 0 Å². The lowest BCUT2D eigenvalue weighted by Crippen LogP contribution is -2.17. The standard InChI is InChI=1S/C10H10N4O/c1-12-9(15)6-2-3-7-5-13-10(11)14-8(7)4-6/h2-5H,1H3,(H,12,15)(H2,11,13,14). The van der Waals surface area contributed by atoms with E-state index in [2.05, 4.69) is 15.3 Å². The molecule has 0 aliphatic carbocycles. The number of benzene rings is 1. The van der Waals surface area contributed by atoms with Crippen LogP contribution < -0.4 is 11.1 Å². The Hall–Kier alpha value is -2.17. The van der Waals surface area contributed by atoms with Crippen LogP contribution in [0.4, 0.5) is 5.95 Å². The molecule has 0 spiro atoms. The molecule has 0 saturated carbocycles. The monoisotopic (exact) mass is 202 g/mol. The van der Waals surface area contributed by atoms with E-state index in [0.717, 1.165) is 5.39 Å². The van der Waals surface area contributed by atoms with Gasteiger partial charge in [0.1, 0.15) is 0 Å². The molecule has 0 saturated heterocycles. The first kappa shape index (κ1) is 9.39. The number of rotatable bonds is 1. The Bertz CT molecular complexity index is 524. The minimum atomic E-state index is -0.144. The Morgan fingerprint density at radius 1 is 1.47 bits per heavy atom. The molecule has 1 amide bonds. The number of hydrogen-bond acceptors (Lipinski definition) is 4. The van der Waals surface area contributed by atoms with Gasteiger partial charge in [-0.25, -0.2) is 9.97 Å². The van der Waals surface area contributed by atoms with Gasteiger partial charge in [-0.15, -0.1) is 0 Å². The van der Waals surface area contributed by atoms with Gasteiger partial charge in [0.15, 0.2) is 0 Å². The van der Waals surface area contributed by atoms with Crippen molar-refractivity contribution in [3.05, 3.63) is 30.0 Å². The second kappa shape index (κ2) is 3.53. The maximum absolute atomic E-state index is 11.4. The van der Waals surface area contributed by atoms with Crippen LogP contribution in [0.5, 0.6) is 0 Å². The lowest BCUT2D eigenvalue weighted by molar-refractivity contribution is 0.0963. The Labute approximate surface area is 86.3 Å². The average Bonchev–Trinajstić information content (AvgIpc) is 2.27. The number of nitrogen functional groups attached to an aromatic ring is 1. The number of carbonyl (C=O) groups excluding carboxylic acids is 1. The highest BCUT2D eigenvalue weighted by atomic mass is 16.1. The van der Waals surface area contributed by atoms with E-state index in [9.17, 15) is 4.79 Å². The van der Waals surface area contributed by atoms with E-state index in [1.807, 2.05) is 0 Å². The first-order valence-corrected chi connectivity index (χ1v) is 4.45. The third-order valence-corrected chi connectivity index (χ3v) is 2.09. The lowest BCUT2D eigenvalue weighted by Gasteiger charge is -2.01. The highest BCUT2D eigenvalue weighted by Gasteiger charge is 2.04. The number of carbonyl (C=O) groups is 1. The van der Waals surface area contributed by atoms with E-state index in [1.54, 1.807) is 31.4 Å². The summed E-state index contributed by atoms with van der Waals surface area (Å²) in [6, 6.07) is 5.20. The van der Waals surface area contributed by atoms with Crippen LogP contribution in [0.25, 0.3) is 10.9 Å². The van der Waals surface area contributed by atoms with Crippen molar-refractivity contribution in [1.82, 2.24) is 15.3 Å². The van der Waals surface area contributed by atoms with Crippen molar-refractivity contribution in [2.45, 2.75) is 0 Å². The molecule has 1 aromatic carbocycles. The molecule has 0 aliphatic heterocycles. The van der Waals surface area contributed by atoms with Crippen LogP contribution in [-0.4, -0.2) is 22.9 Å². The number of nitrogens with one attached hydrogen (secondary N) is 1. The second-order valence-corrected chi connectivity index (χ2v) is 3.08. The summed E-state index contributed by atoms with van der Waals surface area (Å²) < 4.78 is 0. The Morgan fingerprint density at radius 2 is 2.27 bits per heavy atom. The molecule has 2 aromatic rings. The number of hydrogen-bond donors (Lipinski definition) is 2. The second-order valence-electron chi connectivity index (χ2n) is 3.08. The number of anilines is 1. The quantitative estimate of drug-likeness (QED) is 0.708. The molecule has 76 valence electrons. The summed E-state index contributed by atoms with van der Waals surface area (Å²) in [5, 5.41) is 3.41. The van der Waals surface area contributed by atoms with Crippen LogP contribution in [-0.2, 0) is 0 Å². The molecule has 1 heterocycles. The summed E-state index contributed by atoms with van der Waals surface area (Å²) in [6.45, 7) is 0. The van der Waals surface area contributed by atoms with Gasteiger partial charge >= 0.3 is 0 Å². The number of nitrogens with zero attached hydrogens (tertiary/aromatic N) is 2. The molecule has 0 bridgehead atoms. The smallest absolute Gasteiger partial charge is 0.251 e. The molecule has 0 atom stereocenters. The van der Waals surface area contributed by atoms with E-state index in [1.165, 1.54) is 0 Å². The van der Waals surface area contributed by atoms with Crippen molar-refractivity contribution in [2.24, 2.45) is 0 Å². The zero-order valence-corrected chi connectivity index (χ0v) is 8.19. The number of fused-ring (bicyclic) bond motifs is 1. The van der Waals surface area contributed by atoms with E-state index >= 15 is 0 Å². The van der Waals surface area contributed by atoms with Crippen LogP contribution >= 0.6 is 0 Å². The molecule has 5 heteroatoms. The Kier molecular flexibility index (Phi) is 2.21. The van der Waals surface area contributed by atoms with Gasteiger partial charge < -0.3 is 11.1 Å². The van der Waals surface area contributed by atoms with Crippen molar-refractivity contribution < 1.29 is 4.79 Å². The molecular formula is C10H10N4O. The summed E-state index contributed by atoms with van der Waals surface area (Å²) in [4.78, 5) is 19.3. The van der Waals surface area contributed by atoms with E-state index in [-0.39, 0.29) is 11.9 Å². The molecule has 0 aliphatic rings. The van der Waals surface area contributed by atoms with Crippen LogP contribution in [0.3, 0.4) is 0 Å². The fourth-order valence-electron chi connectivity index (χ4n) is 1.32. The molecule has 0 unspecified atom stereocenters. The maximum atomic E-state index is 11.4. The van der Waals surface area contributed by atoms with Crippen molar-refractivity contribution in [2.75, 3.05) is 12.8 Å². The molecule has 0 radical (unpaired) electrons. The third kappa shape index (κ3) is 1.71. The van der Waals surface area contributed by atoms with Gasteiger partial charge in [-0.1, -0.05) is 6.07 Å². The fourth-order valence-corrected chi connectivity index (χ4v) is 1.32. The summed E-state index contributed by atoms with van der Waals surface area (Å²) in [5.41, 5.74) is 6.69. The fraction of sp³-hybridized carbons (Fsp3) is 0.100. The van der Waals surface area contributed by atoms with E-state index in [4.69, 9.17) is 5.73 Å². The first-order chi connectivity index (χ1) is 7.20. The molecular weight excluding hydrogens is 192 g/mol. The number of aromatic nitrogens is 2. The highest BCUT2D eigenvalue weighted by Crippen LogP contribution is 2.13. The summed E-state index contributed by atoms with van der Waals surface area (Å²) in [7, 11) is 1.58.